The molecule has 2 fully saturated rings. The highest BCUT2D eigenvalue weighted by Crippen LogP contribution is 2.29. The fourth-order valence-corrected chi connectivity index (χ4v) is 3.96. The summed E-state index contributed by atoms with van der Waals surface area (Å²) >= 11 is 0. The number of hydrogen-bond donors (Lipinski definition) is 2. The molecule has 26 heavy (non-hydrogen) atoms. The smallest absolute Gasteiger partial charge is 0.191 e. The van der Waals surface area contributed by atoms with Crippen molar-refractivity contribution >= 4 is 16.7 Å². The largest absolute Gasteiger partial charge is 0.357 e. The highest BCUT2D eigenvalue weighted by molar-refractivity contribution is 5.86. The van der Waals surface area contributed by atoms with Gasteiger partial charge in [-0.15, -0.1) is 0 Å². The Kier molecular flexibility index (Phi) is 5.40. The third kappa shape index (κ3) is 4.18. The number of benzene rings is 2. The first-order chi connectivity index (χ1) is 12.8. The van der Waals surface area contributed by atoms with Crippen molar-refractivity contribution in [3.05, 3.63) is 48.0 Å². The van der Waals surface area contributed by atoms with Crippen LogP contribution in [0, 0.1) is 0 Å². The molecule has 0 radical (unpaired) electrons. The number of nitrogens with one attached hydrogen (secondary N) is 2. The van der Waals surface area contributed by atoms with E-state index >= 15 is 0 Å². The molecule has 1 aliphatic heterocycles. The van der Waals surface area contributed by atoms with E-state index in [2.05, 4.69) is 64.9 Å². The van der Waals surface area contributed by atoms with Crippen molar-refractivity contribution < 1.29 is 0 Å². The Labute approximate surface area is 156 Å². The quantitative estimate of drug-likeness (QED) is 0.640. The zero-order valence-corrected chi connectivity index (χ0v) is 15.7. The van der Waals surface area contributed by atoms with Crippen LogP contribution in [0.4, 0.5) is 0 Å². The molecule has 2 aliphatic rings. The number of rotatable bonds is 5. The summed E-state index contributed by atoms with van der Waals surface area (Å²) in [6.45, 7) is 6.18. The third-order valence-corrected chi connectivity index (χ3v) is 5.57. The molecule has 2 aromatic rings. The molecule has 0 aromatic heterocycles. The van der Waals surface area contributed by atoms with Gasteiger partial charge in [0.25, 0.3) is 0 Å². The van der Waals surface area contributed by atoms with E-state index in [9.17, 15) is 0 Å². The molecule has 2 N–H and O–H groups in total. The lowest BCUT2D eigenvalue weighted by Crippen LogP contribution is -2.49. The molecule has 1 heterocycles. The van der Waals surface area contributed by atoms with Gasteiger partial charge in [0.05, 0.1) is 6.54 Å². The summed E-state index contributed by atoms with van der Waals surface area (Å²) in [4.78, 5) is 7.54. The Bertz CT molecular complexity index is 752. The number of piperidine rings is 1. The van der Waals surface area contributed by atoms with Crippen molar-refractivity contribution in [2.45, 2.75) is 51.2 Å². The number of nitrogens with zero attached hydrogens (tertiary/aromatic N) is 2. The van der Waals surface area contributed by atoms with E-state index in [0.717, 1.165) is 18.5 Å². The average Bonchev–Trinajstić information content (AvgIpc) is 3.52. The van der Waals surface area contributed by atoms with Gasteiger partial charge >= 0.3 is 0 Å². The van der Waals surface area contributed by atoms with Gasteiger partial charge in [-0.05, 0) is 48.9 Å². The van der Waals surface area contributed by atoms with Gasteiger partial charge in [-0.25, -0.2) is 4.99 Å². The molecular weight excluding hydrogens is 320 g/mol. The van der Waals surface area contributed by atoms with Gasteiger partial charge in [0, 0.05) is 31.7 Å². The fraction of sp³-hybridized carbons (Fsp3) is 0.500. The Morgan fingerprint density at radius 2 is 1.81 bits per heavy atom. The predicted octanol–water partition coefficient (Wildman–Crippen LogP) is 3.52. The molecule has 0 atom stereocenters. The van der Waals surface area contributed by atoms with Crippen LogP contribution < -0.4 is 10.6 Å². The first-order valence-corrected chi connectivity index (χ1v) is 10.1. The fourth-order valence-electron chi connectivity index (χ4n) is 3.96. The molecular formula is C22H30N4. The van der Waals surface area contributed by atoms with Crippen molar-refractivity contribution in [3.63, 3.8) is 0 Å². The van der Waals surface area contributed by atoms with Crippen molar-refractivity contribution in [3.8, 4) is 0 Å². The van der Waals surface area contributed by atoms with E-state index in [-0.39, 0.29) is 0 Å². The standard InChI is InChI=1S/C22H30N4/c1-2-23-22(25-19-12-14-26(15-13-19)20-10-11-20)24-16-18-8-5-7-17-6-3-4-9-21(17)18/h3-9,19-20H,2,10-16H2,1H3,(H2,23,24,25). The Morgan fingerprint density at radius 3 is 2.58 bits per heavy atom. The molecule has 1 aliphatic carbocycles. The zero-order chi connectivity index (χ0) is 17.8. The summed E-state index contributed by atoms with van der Waals surface area (Å²) < 4.78 is 0. The second-order valence-corrected chi connectivity index (χ2v) is 7.52. The minimum absolute atomic E-state index is 0.537. The molecule has 0 bridgehead atoms. The van der Waals surface area contributed by atoms with Gasteiger partial charge in [0.2, 0.25) is 0 Å². The lowest BCUT2D eigenvalue weighted by molar-refractivity contribution is 0.197. The van der Waals surface area contributed by atoms with Crippen LogP contribution in [0.2, 0.25) is 0 Å². The summed E-state index contributed by atoms with van der Waals surface area (Å²) in [6.07, 6.45) is 5.25. The highest BCUT2D eigenvalue weighted by atomic mass is 15.2. The summed E-state index contributed by atoms with van der Waals surface area (Å²) in [6, 6.07) is 16.5. The summed E-state index contributed by atoms with van der Waals surface area (Å²) in [5.74, 6) is 0.949. The minimum atomic E-state index is 0.537. The van der Waals surface area contributed by atoms with Crippen LogP contribution in [0.15, 0.2) is 47.5 Å². The topological polar surface area (TPSA) is 39.7 Å². The van der Waals surface area contributed by atoms with Crippen LogP contribution in [0.5, 0.6) is 0 Å². The van der Waals surface area contributed by atoms with Gasteiger partial charge in [0.15, 0.2) is 5.96 Å². The first-order valence-electron chi connectivity index (χ1n) is 10.1. The average molecular weight is 351 g/mol. The van der Waals surface area contributed by atoms with Crippen LogP contribution in [0.3, 0.4) is 0 Å². The highest BCUT2D eigenvalue weighted by Gasteiger charge is 2.31. The molecule has 1 saturated heterocycles. The van der Waals surface area contributed by atoms with E-state index in [1.54, 1.807) is 0 Å². The van der Waals surface area contributed by atoms with E-state index in [1.807, 2.05) is 0 Å². The van der Waals surface area contributed by atoms with E-state index in [4.69, 9.17) is 4.99 Å². The zero-order valence-electron chi connectivity index (χ0n) is 15.7. The number of aliphatic imine (C=N–C) groups is 1. The Balaban J connectivity index is 1.40. The molecule has 138 valence electrons. The maximum absolute atomic E-state index is 4.88. The van der Waals surface area contributed by atoms with Crippen molar-refractivity contribution in [1.29, 1.82) is 0 Å². The summed E-state index contributed by atoms with van der Waals surface area (Å²) in [7, 11) is 0. The SMILES string of the molecule is CCNC(=NCc1cccc2ccccc12)NC1CCN(C2CC2)CC1. The van der Waals surface area contributed by atoms with Crippen molar-refractivity contribution in [1.82, 2.24) is 15.5 Å². The molecule has 4 nitrogen and oxygen atoms in total. The van der Waals surface area contributed by atoms with Gasteiger partial charge in [-0.3, -0.25) is 0 Å². The lowest BCUT2D eigenvalue weighted by atomic mass is 10.0. The molecule has 2 aromatic carbocycles. The Morgan fingerprint density at radius 1 is 1.04 bits per heavy atom. The maximum Gasteiger partial charge on any atom is 0.191 e. The van der Waals surface area contributed by atoms with E-state index in [1.165, 1.54) is 55.1 Å². The van der Waals surface area contributed by atoms with Crippen LogP contribution in [-0.2, 0) is 6.54 Å². The van der Waals surface area contributed by atoms with Gasteiger partial charge in [-0.2, -0.15) is 0 Å². The van der Waals surface area contributed by atoms with Crippen molar-refractivity contribution in [2.75, 3.05) is 19.6 Å². The lowest BCUT2D eigenvalue weighted by Gasteiger charge is -2.33. The Hall–Kier alpha value is -2.07. The molecule has 4 rings (SSSR count). The van der Waals surface area contributed by atoms with Gasteiger partial charge in [-0.1, -0.05) is 42.5 Å². The number of likely N-dealkylation sites (tertiary alicyclic amines) is 1. The number of hydrogen-bond acceptors (Lipinski definition) is 2. The second-order valence-electron chi connectivity index (χ2n) is 7.52. The van der Waals surface area contributed by atoms with Gasteiger partial charge in [0.1, 0.15) is 0 Å². The second kappa shape index (κ2) is 8.09. The minimum Gasteiger partial charge on any atom is -0.357 e. The van der Waals surface area contributed by atoms with E-state index in [0.29, 0.717) is 12.6 Å². The van der Waals surface area contributed by atoms with Gasteiger partial charge < -0.3 is 15.5 Å². The molecule has 1 saturated carbocycles. The molecule has 0 amide bonds. The normalized spacial score (nSPS) is 19.7. The summed E-state index contributed by atoms with van der Waals surface area (Å²) in [5.41, 5.74) is 1.28. The van der Waals surface area contributed by atoms with E-state index < -0.39 is 0 Å². The van der Waals surface area contributed by atoms with Crippen LogP contribution in [-0.4, -0.2) is 42.6 Å². The molecule has 0 spiro atoms. The summed E-state index contributed by atoms with van der Waals surface area (Å²) in [5, 5.41) is 9.67. The number of fused-ring (bicyclic) bond motifs is 1. The van der Waals surface area contributed by atoms with Crippen LogP contribution in [0.1, 0.15) is 38.2 Å². The van der Waals surface area contributed by atoms with Crippen LogP contribution >= 0.6 is 0 Å². The third-order valence-electron chi connectivity index (χ3n) is 5.57. The van der Waals surface area contributed by atoms with Crippen LogP contribution in [0.25, 0.3) is 10.8 Å². The number of guanidine groups is 1. The monoisotopic (exact) mass is 350 g/mol. The first kappa shape index (κ1) is 17.3. The maximum atomic E-state index is 4.88. The van der Waals surface area contributed by atoms with Crippen molar-refractivity contribution in [2.24, 2.45) is 4.99 Å². The predicted molar refractivity (Wildman–Crippen MR) is 110 cm³/mol. The molecule has 0 unspecified atom stereocenters. The molecule has 4 heteroatoms.